The van der Waals surface area contributed by atoms with Crippen LogP contribution in [0.3, 0.4) is 0 Å². The van der Waals surface area contributed by atoms with Crippen LogP contribution in [0.4, 0.5) is 0 Å². The van der Waals surface area contributed by atoms with Crippen molar-refractivity contribution in [2.24, 2.45) is 0 Å². The first-order valence-corrected chi connectivity index (χ1v) is 11.4. The third kappa shape index (κ3) is 4.14. The Hall–Kier alpha value is -3.51. The molecule has 0 saturated heterocycles. The normalized spacial score (nSPS) is 14.1. The van der Waals surface area contributed by atoms with E-state index in [4.69, 9.17) is 21.1 Å². The monoisotopic (exact) mass is 458 g/mol. The summed E-state index contributed by atoms with van der Waals surface area (Å²) in [5, 5.41) is 5.50. The van der Waals surface area contributed by atoms with E-state index in [1.54, 1.807) is 11.9 Å². The van der Waals surface area contributed by atoms with Gasteiger partial charge in [0.25, 0.3) is 5.91 Å². The molecule has 0 saturated carbocycles. The molecule has 0 spiro atoms. The van der Waals surface area contributed by atoms with E-state index in [1.807, 2.05) is 55.5 Å². The number of nitrogens with zero attached hydrogens (tertiary/aromatic N) is 4. The van der Waals surface area contributed by atoms with Crippen molar-refractivity contribution < 1.29 is 9.32 Å². The molecule has 1 aliphatic rings. The zero-order chi connectivity index (χ0) is 22.9. The fourth-order valence-electron chi connectivity index (χ4n) is 4.25. The fraction of sp³-hybridized carbons (Fsp3) is 0.231. The van der Waals surface area contributed by atoms with Crippen LogP contribution in [0.2, 0.25) is 5.02 Å². The smallest absolute Gasteiger partial charge is 0.255 e. The van der Waals surface area contributed by atoms with Gasteiger partial charge in [-0.2, -0.15) is 4.98 Å². The van der Waals surface area contributed by atoms with Crippen LogP contribution in [-0.4, -0.2) is 33.0 Å². The SMILES string of the molecule is CCc1noc(CN(C)C(=O)c2c3c(nc4ccccc24)/C(=C/c2ccc(Cl)cc2)CC3)n1. The molecule has 0 aliphatic heterocycles. The van der Waals surface area contributed by atoms with Crippen LogP contribution in [0.5, 0.6) is 0 Å². The van der Waals surface area contributed by atoms with Crippen molar-refractivity contribution in [3.63, 3.8) is 0 Å². The van der Waals surface area contributed by atoms with Crippen LogP contribution in [0.15, 0.2) is 53.1 Å². The van der Waals surface area contributed by atoms with Crippen molar-refractivity contribution in [1.29, 1.82) is 0 Å². The number of hydrogen-bond acceptors (Lipinski definition) is 5. The number of carbonyl (C=O) groups is 1. The summed E-state index contributed by atoms with van der Waals surface area (Å²) in [6, 6.07) is 15.5. The highest BCUT2D eigenvalue weighted by molar-refractivity contribution is 6.30. The molecule has 0 fully saturated rings. The summed E-state index contributed by atoms with van der Waals surface area (Å²) >= 11 is 6.04. The Labute approximate surface area is 196 Å². The second-order valence-corrected chi connectivity index (χ2v) is 8.61. The standard InChI is InChI=1S/C26H23ClN4O2/c1-3-22-29-23(33-30-22)15-31(2)26(32)24-19-6-4-5-7-21(19)28-25-17(10-13-20(24)25)14-16-8-11-18(27)12-9-16/h4-9,11-12,14H,3,10,13,15H2,1-2H3/b17-14+. The van der Waals surface area contributed by atoms with Gasteiger partial charge in [0.2, 0.25) is 5.89 Å². The lowest BCUT2D eigenvalue weighted by atomic mass is 9.99. The van der Waals surface area contributed by atoms with E-state index in [1.165, 1.54) is 0 Å². The van der Waals surface area contributed by atoms with Crippen molar-refractivity contribution in [3.05, 3.63) is 87.7 Å². The van der Waals surface area contributed by atoms with E-state index in [0.717, 1.165) is 46.1 Å². The molecule has 4 aromatic rings. The number of rotatable bonds is 5. The van der Waals surface area contributed by atoms with Crippen LogP contribution in [-0.2, 0) is 19.4 Å². The van der Waals surface area contributed by atoms with E-state index in [9.17, 15) is 4.79 Å². The molecule has 2 aromatic carbocycles. The topological polar surface area (TPSA) is 72.1 Å². The number of allylic oxidation sites excluding steroid dienone is 1. The molecule has 0 bridgehead atoms. The molecule has 7 heteroatoms. The Bertz CT molecular complexity index is 1380. The Balaban J connectivity index is 1.56. The molecule has 1 aliphatic carbocycles. The zero-order valence-corrected chi connectivity index (χ0v) is 19.3. The number of para-hydroxylation sites is 1. The van der Waals surface area contributed by atoms with Gasteiger partial charge in [0.05, 0.1) is 23.3 Å². The summed E-state index contributed by atoms with van der Waals surface area (Å²) in [5.41, 5.74) is 5.58. The number of aromatic nitrogens is 3. The predicted molar refractivity (Wildman–Crippen MR) is 129 cm³/mol. The number of amides is 1. The summed E-state index contributed by atoms with van der Waals surface area (Å²) < 4.78 is 5.30. The molecule has 2 aromatic heterocycles. The maximum absolute atomic E-state index is 13.7. The van der Waals surface area contributed by atoms with Gasteiger partial charge in [-0.05, 0) is 53.8 Å². The van der Waals surface area contributed by atoms with Crippen LogP contribution < -0.4 is 0 Å². The van der Waals surface area contributed by atoms with Crippen molar-refractivity contribution >= 4 is 40.1 Å². The number of carbonyl (C=O) groups excluding carboxylic acids is 1. The highest BCUT2D eigenvalue weighted by atomic mass is 35.5. The third-order valence-corrected chi connectivity index (χ3v) is 6.16. The summed E-state index contributed by atoms with van der Waals surface area (Å²) in [5.74, 6) is 0.993. The van der Waals surface area contributed by atoms with Crippen molar-refractivity contribution in [2.75, 3.05) is 7.05 Å². The average molecular weight is 459 g/mol. The second kappa shape index (κ2) is 8.79. The van der Waals surface area contributed by atoms with Crippen molar-refractivity contribution in [2.45, 2.75) is 32.7 Å². The lowest BCUT2D eigenvalue weighted by Crippen LogP contribution is -2.27. The van der Waals surface area contributed by atoms with E-state index in [2.05, 4.69) is 16.2 Å². The van der Waals surface area contributed by atoms with Gasteiger partial charge in [0, 0.05) is 23.9 Å². The van der Waals surface area contributed by atoms with Crippen molar-refractivity contribution in [3.8, 4) is 0 Å². The molecule has 0 unspecified atom stereocenters. The Morgan fingerprint density at radius 3 is 2.67 bits per heavy atom. The zero-order valence-electron chi connectivity index (χ0n) is 18.5. The third-order valence-electron chi connectivity index (χ3n) is 5.91. The van der Waals surface area contributed by atoms with E-state index < -0.39 is 0 Å². The van der Waals surface area contributed by atoms with Gasteiger partial charge in [-0.1, -0.05) is 54.0 Å². The molecule has 1 amide bonds. The van der Waals surface area contributed by atoms with E-state index in [-0.39, 0.29) is 12.5 Å². The Kier molecular flexibility index (Phi) is 5.68. The first-order chi connectivity index (χ1) is 16.0. The molecule has 0 N–H and O–H groups in total. The predicted octanol–water partition coefficient (Wildman–Crippen LogP) is 5.59. The number of aryl methyl sites for hydroxylation is 1. The van der Waals surface area contributed by atoms with Gasteiger partial charge in [-0.3, -0.25) is 4.79 Å². The fourth-order valence-corrected chi connectivity index (χ4v) is 4.37. The number of fused-ring (bicyclic) bond motifs is 2. The maximum atomic E-state index is 13.7. The summed E-state index contributed by atoms with van der Waals surface area (Å²) in [6.45, 7) is 2.22. The highest BCUT2D eigenvalue weighted by Gasteiger charge is 2.28. The van der Waals surface area contributed by atoms with Crippen LogP contribution in [0.25, 0.3) is 22.6 Å². The van der Waals surface area contributed by atoms with Gasteiger partial charge in [-0.15, -0.1) is 0 Å². The number of benzene rings is 2. The minimum absolute atomic E-state index is 0.0751. The quantitative estimate of drug-likeness (QED) is 0.389. The number of halogens is 1. The molecule has 0 radical (unpaired) electrons. The van der Waals surface area contributed by atoms with Gasteiger partial charge in [0.15, 0.2) is 5.82 Å². The Morgan fingerprint density at radius 1 is 1.12 bits per heavy atom. The lowest BCUT2D eigenvalue weighted by Gasteiger charge is -2.19. The number of hydrogen-bond donors (Lipinski definition) is 0. The first kappa shape index (κ1) is 21.3. The largest absolute Gasteiger partial charge is 0.337 e. The van der Waals surface area contributed by atoms with Gasteiger partial charge < -0.3 is 9.42 Å². The molecular formula is C26H23ClN4O2. The summed E-state index contributed by atoms with van der Waals surface area (Å²) in [7, 11) is 1.76. The van der Waals surface area contributed by atoms with E-state index >= 15 is 0 Å². The molecule has 0 atom stereocenters. The molecule has 166 valence electrons. The second-order valence-electron chi connectivity index (χ2n) is 8.17. The highest BCUT2D eigenvalue weighted by Crippen LogP contribution is 2.38. The van der Waals surface area contributed by atoms with Gasteiger partial charge in [-0.25, -0.2) is 4.98 Å². The van der Waals surface area contributed by atoms with Gasteiger partial charge >= 0.3 is 0 Å². The van der Waals surface area contributed by atoms with Crippen molar-refractivity contribution in [1.82, 2.24) is 20.0 Å². The van der Waals surface area contributed by atoms with Crippen LogP contribution in [0, 0.1) is 0 Å². The maximum Gasteiger partial charge on any atom is 0.255 e. The molecule has 33 heavy (non-hydrogen) atoms. The molecule has 6 nitrogen and oxygen atoms in total. The van der Waals surface area contributed by atoms with Crippen LogP contribution in [0.1, 0.15) is 52.2 Å². The minimum atomic E-state index is -0.0751. The first-order valence-electron chi connectivity index (χ1n) is 11.0. The Morgan fingerprint density at radius 2 is 1.91 bits per heavy atom. The molecule has 5 rings (SSSR count). The average Bonchev–Trinajstić information content (AvgIpc) is 3.45. The minimum Gasteiger partial charge on any atom is -0.337 e. The number of pyridine rings is 1. The molecule has 2 heterocycles. The van der Waals surface area contributed by atoms with Gasteiger partial charge in [0.1, 0.15) is 0 Å². The lowest BCUT2D eigenvalue weighted by molar-refractivity contribution is 0.0770. The molecular weight excluding hydrogens is 436 g/mol. The van der Waals surface area contributed by atoms with Crippen LogP contribution >= 0.6 is 11.6 Å². The summed E-state index contributed by atoms with van der Waals surface area (Å²) in [6.07, 6.45) is 4.41. The summed E-state index contributed by atoms with van der Waals surface area (Å²) in [4.78, 5) is 24.6. The van der Waals surface area contributed by atoms with E-state index in [0.29, 0.717) is 28.7 Å².